The molecule has 7 nitrogen and oxygen atoms in total. The number of aromatic carboxylic acids is 1. The lowest BCUT2D eigenvalue weighted by molar-refractivity contribution is -0.383. The van der Waals surface area contributed by atoms with Crippen LogP contribution < -0.4 is 0 Å². The fraction of sp³-hybridized carbons (Fsp3) is 0. The molecular weight excluding hydrogens is 202 g/mol. The smallest absolute Gasteiger partial charge is 0.356 e. The Morgan fingerprint density at radius 2 is 2.33 bits per heavy atom. The predicted molar refractivity (Wildman–Crippen MR) is 48.8 cm³/mol. The molecule has 0 aliphatic carbocycles. The highest BCUT2D eigenvalue weighted by atomic mass is 16.6. The maximum absolute atomic E-state index is 10.6. The number of nitrogens with zero attached hydrogens (tertiary/aromatic N) is 3. The van der Waals surface area contributed by atoms with Crippen LogP contribution in [-0.2, 0) is 0 Å². The number of fused-ring (bicyclic) bond motifs is 1. The molecule has 0 saturated heterocycles. The highest BCUT2D eigenvalue weighted by Crippen LogP contribution is 2.18. The van der Waals surface area contributed by atoms with E-state index in [4.69, 9.17) is 5.11 Å². The SMILES string of the molecule is O=C(O)c1cn2cccc([N+](=O)[O-])c2n1. The van der Waals surface area contributed by atoms with Crippen molar-refractivity contribution in [2.24, 2.45) is 0 Å². The van der Waals surface area contributed by atoms with Crippen LogP contribution in [0.1, 0.15) is 10.5 Å². The van der Waals surface area contributed by atoms with Gasteiger partial charge in [-0.2, -0.15) is 0 Å². The van der Waals surface area contributed by atoms with Gasteiger partial charge in [-0.3, -0.25) is 10.1 Å². The molecule has 0 saturated carbocycles. The number of aromatic nitrogens is 2. The third-order valence-corrected chi connectivity index (χ3v) is 1.88. The molecule has 0 bridgehead atoms. The van der Waals surface area contributed by atoms with Gasteiger partial charge in [0.2, 0.25) is 5.65 Å². The van der Waals surface area contributed by atoms with Gasteiger partial charge in [-0.25, -0.2) is 9.78 Å². The topological polar surface area (TPSA) is 97.7 Å². The van der Waals surface area contributed by atoms with Crippen LogP contribution in [0.3, 0.4) is 0 Å². The summed E-state index contributed by atoms with van der Waals surface area (Å²) in [5, 5.41) is 19.3. The van der Waals surface area contributed by atoms with Crippen molar-refractivity contribution >= 4 is 17.3 Å². The lowest BCUT2D eigenvalue weighted by atomic mass is 10.4. The molecule has 2 aromatic heterocycles. The molecular formula is C8H5N3O4. The van der Waals surface area contributed by atoms with Crippen LogP contribution >= 0.6 is 0 Å². The zero-order valence-corrected chi connectivity index (χ0v) is 7.32. The first kappa shape index (κ1) is 9.13. The lowest BCUT2D eigenvalue weighted by Crippen LogP contribution is -1.95. The maximum atomic E-state index is 10.6. The highest BCUT2D eigenvalue weighted by molar-refractivity contribution is 5.86. The first-order chi connectivity index (χ1) is 7.09. The van der Waals surface area contributed by atoms with E-state index in [0.29, 0.717) is 0 Å². The van der Waals surface area contributed by atoms with Gasteiger partial charge in [-0.05, 0) is 6.07 Å². The molecule has 0 unspecified atom stereocenters. The molecule has 7 heteroatoms. The van der Waals surface area contributed by atoms with Crippen LogP contribution in [0, 0.1) is 10.1 Å². The van der Waals surface area contributed by atoms with Crippen molar-refractivity contribution in [3.8, 4) is 0 Å². The standard InChI is InChI=1S/C8H5N3O4/c12-8(13)5-4-10-3-1-2-6(11(14)15)7(10)9-5/h1-4H,(H,12,13). The first-order valence-corrected chi connectivity index (χ1v) is 3.95. The fourth-order valence-electron chi connectivity index (χ4n) is 1.24. The Morgan fingerprint density at radius 1 is 1.60 bits per heavy atom. The summed E-state index contributed by atoms with van der Waals surface area (Å²) in [6, 6.07) is 2.73. The minimum atomic E-state index is -1.21. The monoisotopic (exact) mass is 207 g/mol. The Balaban J connectivity index is 2.75. The van der Waals surface area contributed by atoms with Crippen molar-refractivity contribution in [2.45, 2.75) is 0 Å². The number of carboxylic acid groups (broad SMARTS) is 1. The van der Waals surface area contributed by atoms with Gasteiger partial charge in [0.1, 0.15) is 0 Å². The number of hydrogen-bond acceptors (Lipinski definition) is 4. The number of hydrogen-bond donors (Lipinski definition) is 1. The molecule has 0 radical (unpaired) electrons. The normalized spacial score (nSPS) is 10.4. The van der Waals surface area contributed by atoms with E-state index in [1.807, 2.05) is 0 Å². The molecule has 0 amide bonds. The number of nitro groups is 1. The van der Waals surface area contributed by atoms with Crippen molar-refractivity contribution < 1.29 is 14.8 Å². The second-order valence-corrected chi connectivity index (χ2v) is 2.81. The number of rotatable bonds is 2. The van der Waals surface area contributed by atoms with Crippen molar-refractivity contribution in [1.82, 2.24) is 9.38 Å². The van der Waals surface area contributed by atoms with Gasteiger partial charge >= 0.3 is 11.7 Å². The average Bonchev–Trinajstić information content (AvgIpc) is 2.60. The molecule has 2 heterocycles. The number of carboxylic acids is 1. The third-order valence-electron chi connectivity index (χ3n) is 1.88. The van der Waals surface area contributed by atoms with E-state index >= 15 is 0 Å². The molecule has 2 rings (SSSR count). The maximum Gasteiger partial charge on any atom is 0.356 e. The van der Waals surface area contributed by atoms with Crippen LogP contribution in [0.5, 0.6) is 0 Å². The van der Waals surface area contributed by atoms with E-state index in [0.717, 1.165) is 0 Å². The largest absolute Gasteiger partial charge is 0.476 e. The van der Waals surface area contributed by atoms with Gasteiger partial charge in [-0.15, -0.1) is 0 Å². The summed E-state index contributed by atoms with van der Waals surface area (Å²) in [6.07, 6.45) is 2.73. The summed E-state index contributed by atoms with van der Waals surface area (Å²) in [5.41, 5.74) is -0.408. The van der Waals surface area contributed by atoms with Gasteiger partial charge in [0, 0.05) is 18.5 Å². The minimum absolute atomic E-state index is 0.0277. The molecule has 0 aliphatic rings. The van der Waals surface area contributed by atoms with E-state index in [1.165, 1.54) is 28.9 Å². The molecule has 0 aromatic carbocycles. The molecule has 15 heavy (non-hydrogen) atoms. The van der Waals surface area contributed by atoms with Crippen molar-refractivity contribution in [3.63, 3.8) is 0 Å². The Labute approximate surface area is 82.7 Å². The van der Waals surface area contributed by atoms with Crippen LogP contribution in [0.25, 0.3) is 5.65 Å². The van der Waals surface area contributed by atoms with E-state index in [1.54, 1.807) is 0 Å². The van der Waals surface area contributed by atoms with Crippen molar-refractivity contribution in [3.05, 3.63) is 40.3 Å². The number of pyridine rings is 1. The molecule has 0 aliphatic heterocycles. The summed E-state index contributed by atoms with van der Waals surface area (Å²) < 4.78 is 1.31. The minimum Gasteiger partial charge on any atom is -0.476 e. The lowest BCUT2D eigenvalue weighted by Gasteiger charge is -1.92. The number of imidazole rings is 1. The van der Waals surface area contributed by atoms with Gasteiger partial charge in [-0.1, -0.05) is 0 Å². The van der Waals surface area contributed by atoms with Crippen molar-refractivity contribution in [2.75, 3.05) is 0 Å². The van der Waals surface area contributed by atoms with Gasteiger partial charge in [0.05, 0.1) is 4.92 Å². The van der Waals surface area contributed by atoms with E-state index in [2.05, 4.69) is 4.98 Å². The summed E-state index contributed by atoms with van der Waals surface area (Å²) >= 11 is 0. The van der Waals surface area contributed by atoms with Crippen LogP contribution in [0.15, 0.2) is 24.5 Å². The second-order valence-electron chi connectivity index (χ2n) is 2.81. The van der Waals surface area contributed by atoms with Crippen molar-refractivity contribution in [1.29, 1.82) is 0 Å². The fourth-order valence-corrected chi connectivity index (χ4v) is 1.24. The average molecular weight is 207 g/mol. The molecule has 0 atom stereocenters. The third kappa shape index (κ3) is 1.39. The van der Waals surface area contributed by atoms with E-state index in [-0.39, 0.29) is 17.0 Å². The van der Waals surface area contributed by atoms with Crippen LogP contribution in [0.4, 0.5) is 5.69 Å². The summed E-state index contributed by atoms with van der Waals surface area (Å²) in [5.74, 6) is -1.21. The number of carbonyl (C=O) groups is 1. The highest BCUT2D eigenvalue weighted by Gasteiger charge is 2.17. The Hall–Kier alpha value is -2.44. The molecule has 0 fully saturated rings. The van der Waals surface area contributed by atoms with Gasteiger partial charge < -0.3 is 9.51 Å². The zero-order valence-electron chi connectivity index (χ0n) is 7.32. The Kier molecular flexibility index (Phi) is 1.86. The molecule has 2 aromatic rings. The van der Waals surface area contributed by atoms with Gasteiger partial charge in [0.15, 0.2) is 5.69 Å². The predicted octanol–water partition coefficient (Wildman–Crippen LogP) is 0.941. The van der Waals surface area contributed by atoms with Gasteiger partial charge in [0.25, 0.3) is 0 Å². The van der Waals surface area contributed by atoms with E-state index < -0.39 is 10.9 Å². The summed E-state index contributed by atoms with van der Waals surface area (Å²) in [6.45, 7) is 0. The molecule has 76 valence electrons. The summed E-state index contributed by atoms with van der Waals surface area (Å²) in [4.78, 5) is 24.3. The zero-order chi connectivity index (χ0) is 11.0. The summed E-state index contributed by atoms with van der Waals surface area (Å²) in [7, 11) is 0. The first-order valence-electron chi connectivity index (χ1n) is 3.95. The van der Waals surface area contributed by atoms with E-state index in [9.17, 15) is 14.9 Å². The van der Waals surface area contributed by atoms with Crippen LogP contribution in [-0.4, -0.2) is 25.4 Å². The Morgan fingerprint density at radius 3 is 2.93 bits per heavy atom. The second kappa shape index (κ2) is 3.05. The Bertz CT molecular complexity index is 560. The van der Waals surface area contributed by atoms with Crippen LogP contribution in [0.2, 0.25) is 0 Å². The quantitative estimate of drug-likeness (QED) is 0.583. The molecule has 1 N–H and O–H groups in total. The molecule has 0 spiro atoms.